The van der Waals surface area contributed by atoms with E-state index in [0.29, 0.717) is 6.61 Å². The summed E-state index contributed by atoms with van der Waals surface area (Å²) in [5.41, 5.74) is 4.32. The number of hydrogen-bond acceptors (Lipinski definition) is 3. The van der Waals surface area contributed by atoms with Gasteiger partial charge in [0.25, 0.3) is 0 Å². The van der Waals surface area contributed by atoms with Crippen LogP contribution in [0.4, 0.5) is 4.39 Å². The zero-order chi connectivity index (χ0) is 20.4. The maximum absolute atomic E-state index is 13.2. The van der Waals surface area contributed by atoms with Crippen LogP contribution in [-0.2, 0) is 4.79 Å². The number of halogens is 1. The maximum atomic E-state index is 13.2. The molecule has 0 spiro atoms. The Labute approximate surface area is 168 Å². The molecule has 0 saturated carbocycles. The molecule has 148 valence electrons. The van der Waals surface area contributed by atoms with E-state index in [9.17, 15) is 9.18 Å². The lowest BCUT2D eigenvalue weighted by molar-refractivity contribution is -0.117. The lowest BCUT2D eigenvalue weighted by atomic mass is 10.0. The number of benzene rings is 2. The minimum absolute atomic E-state index is 0.0683. The zero-order valence-electron chi connectivity index (χ0n) is 16.4. The van der Waals surface area contributed by atoms with E-state index < -0.39 is 0 Å². The summed E-state index contributed by atoms with van der Waals surface area (Å²) in [6.07, 6.45) is 4.04. The number of amides is 1. The Morgan fingerprint density at radius 2 is 1.97 bits per heavy atom. The highest BCUT2D eigenvalue weighted by molar-refractivity contribution is 5.92. The van der Waals surface area contributed by atoms with E-state index >= 15 is 0 Å². The molecule has 5 nitrogen and oxygen atoms in total. The lowest BCUT2D eigenvalue weighted by Gasteiger charge is -2.26. The number of hydrogen-bond donors (Lipinski definition) is 1. The van der Waals surface area contributed by atoms with Crippen molar-refractivity contribution in [3.05, 3.63) is 82.9 Å². The first-order valence-electron chi connectivity index (χ1n) is 9.55. The number of ether oxygens (including phenoxy) is 1. The molecule has 0 radical (unpaired) electrons. The van der Waals surface area contributed by atoms with Crippen molar-refractivity contribution in [3.63, 3.8) is 0 Å². The molecule has 0 unspecified atom stereocenters. The normalized spacial score (nSPS) is 15.8. The minimum atomic E-state index is -0.290. The highest BCUT2D eigenvalue weighted by Crippen LogP contribution is 2.31. The van der Waals surface area contributed by atoms with Crippen LogP contribution in [0.5, 0.6) is 5.75 Å². The standard InChI is InChI=1S/C23H22FN3O2/c1-15-19(16(2)27(26-15)18-9-7-17(24)8-10-18)11-12-23(28)25-21-13-14-29-22-6-4-3-5-20(21)22/h3-12,21H,13-14H2,1-2H3,(H,25,28)/b12-11+/t21-/m0/s1. The number of aromatic nitrogens is 2. The molecule has 1 atom stereocenters. The van der Waals surface area contributed by atoms with E-state index in [1.165, 1.54) is 18.2 Å². The van der Waals surface area contributed by atoms with Gasteiger partial charge in [-0.2, -0.15) is 5.10 Å². The first-order valence-corrected chi connectivity index (χ1v) is 9.55. The van der Waals surface area contributed by atoms with Gasteiger partial charge < -0.3 is 10.1 Å². The van der Waals surface area contributed by atoms with Crippen LogP contribution in [0.15, 0.2) is 54.6 Å². The molecule has 1 amide bonds. The first-order chi connectivity index (χ1) is 14.0. The summed E-state index contributed by atoms with van der Waals surface area (Å²) in [6.45, 7) is 4.39. The van der Waals surface area contributed by atoms with Crippen molar-refractivity contribution in [2.45, 2.75) is 26.3 Å². The number of rotatable bonds is 4. The average molecular weight is 391 g/mol. The smallest absolute Gasteiger partial charge is 0.244 e. The molecule has 0 aliphatic carbocycles. The van der Waals surface area contributed by atoms with E-state index in [0.717, 1.165) is 40.4 Å². The molecule has 0 bridgehead atoms. The third kappa shape index (κ3) is 3.92. The van der Waals surface area contributed by atoms with Crippen LogP contribution in [0.3, 0.4) is 0 Å². The van der Waals surface area contributed by atoms with Gasteiger partial charge in [-0.1, -0.05) is 18.2 Å². The Morgan fingerprint density at radius 3 is 2.76 bits per heavy atom. The lowest BCUT2D eigenvalue weighted by Crippen LogP contribution is -2.30. The molecule has 4 rings (SSSR count). The van der Waals surface area contributed by atoms with E-state index in [1.807, 2.05) is 38.1 Å². The molecule has 1 N–H and O–H groups in total. The van der Waals surface area contributed by atoms with Crippen LogP contribution in [0.2, 0.25) is 0 Å². The molecule has 2 heterocycles. The largest absolute Gasteiger partial charge is 0.493 e. The molecule has 0 saturated heterocycles. The van der Waals surface area contributed by atoms with Crippen molar-refractivity contribution in [2.75, 3.05) is 6.61 Å². The second kappa shape index (κ2) is 7.91. The number of carbonyl (C=O) groups excluding carboxylic acids is 1. The van der Waals surface area contributed by atoms with Gasteiger partial charge in [0.2, 0.25) is 5.91 Å². The Morgan fingerprint density at radius 1 is 1.21 bits per heavy atom. The van der Waals surface area contributed by atoms with Gasteiger partial charge in [0, 0.05) is 29.3 Å². The predicted molar refractivity (Wildman–Crippen MR) is 109 cm³/mol. The van der Waals surface area contributed by atoms with Gasteiger partial charge in [-0.05, 0) is 50.3 Å². The third-order valence-corrected chi connectivity index (χ3v) is 5.09. The fourth-order valence-electron chi connectivity index (χ4n) is 3.60. The predicted octanol–water partition coefficient (Wildman–Crippen LogP) is 4.28. The summed E-state index contributed by atoms with van der Waals surface area (Å²) in [6, 6.07) is 13.9. The fourth-order valence-corrected chi connectivity index (χ4v) is 3.60. The van der Waals surface area contributed by atoms with Gasteiger partial charge in [-0.3, -0.25) is 4.79 Å². The molecular weight excluding hydrogens is 369 g/mol. The highest BCUT2D eigenvalue weighted by atomic mass is 19.1. The number of aryl methyl sites for hydroxylation is 1. The molecule has 6 heteroatoms. The van der Waals surface area contributed by atoms with E-state index in [4.69, 9.17) is 4.74 Å². The van der Waals surface area contributed by atoms with Gasteiger partial charge in [0.1, 0.15) is 11.6 Å². The van der Waals surface area contributed by atoms with Crippen molar-refractivity contribution < 1.29 is 13.9 Å². The van der Waals surface area contributed by atoms with Crippen molar-refractivity contribution in [1.82, 2.24) is 15.1 Å². The maximum Gasteiger partial charge on any atom is 0.244 e. The van der Waals surface area contributed by atoms with E-state index in [-0.39, 0.29) is 17.8 Å². The van der Waals surface area contributed by atoms with Gasteiger partial charge in [0.15, 0.2) is 0 Å². The Kier molecular flexibility index (Phi) is 5.16. The summed E-state index contributed by atoms with van der Waals surface area (Å²) in [7, 11) is 0. The first kappa shape index (κ1) is 18.9. The minimum Gasteiger partial charge on any atom is -0.493 e. The molecule has 1 aliphatic rings. The summed E-state index contributed by atoms with van der Waals surface area (Å²) in [4.78, 5) is 12.5. The second-order valence-electron chi connectivity index (χ2n) is 7.04. The number of fused-ring (bicyclic) bond motifs is 1. The topological polar surface area (TPSA) is 56.2 Å². The average Bonchev–Trinajstić information content (AvgIpc) is 3.01. The Balaban J connectivity index is 1.51. The molecule has 1 aromatic heterocycles. The fraction of sp³-hybridized carbons (Fsp3) is 0.217. The Bertz CT molecular complexity index is 1070. The molecule has 1 aliphatic heterocycles. The molecule has 29 heavy (non-hydrogen) atoms. The van der Waals surface area contributed by atoms with Gasteiger partial charge in [0.05, 0.1) is 24.0 Å². The summed E-state index contributed by atoms with van der Waals surface area (Å²) in [5.74, 6) is 0.363. The quantitative estimate of drug-likeness (QED) is 0.676. The highest BCUT2D eigenvalue weighted by Gasteiger charge is 2.22. The number of para-hydroxylation sites is 1. The van der Waals surface area contributed by atoms with Crippen molar-refractivity contribution in [1.29, 1.82) is 0 Å². The van der Waals surface area contributed by atoms with Gasteiger partial charge in [-0.25, -0.2) is 9.07 Å². The summed E-state index contributed by atoms with van der Waals surface area (Å²) in [5, 5.41) is 7.58. The van der Waals surface area contributed by atoms with Crippen molar-refractivity contribution >= 4 is 12.0 Å². The summed E-state index contributed by atoms with van der Waals surface area (Å²) >= 11 is 0. The molecule has 0 fully saturated rings. The van der Waals surface area contributed by atoms with Crippen LogP contribution >= 0.6 is 0 Å². The van der Waals surface area contributed by atoms with Crippen molar-refractivity contribution in [3.8, 4) is 11.4 Å². The van der Waals surface area contributed by atoms with E-state index in [1.54, 1.807) is 22.9 Å². The van der Waals surface area contributed by atoms with Crippen LogP contribution in [0, 0.1) is 19.7 Å². The SMILES string of the molecule is Cc1nn(-c2ccc(F)cc2)c(C)c1/C=C/C(=O)N[C@H]1CCOc2ccccc21. The van der Waals surface area contributed by atoms with Gasteiger partial charge in [-0.15, -0.1) is 0 Å². The van der Waals surface area contributed by atoms with Crippen LogP contribution in [0.25, 0.3) is 11.8 Å². The van der Waals surface area contributed by atoms with E-state index in [2.05, 4.69) is 10.4 Å². The summed E-state index contributed by atoms with van der Waals surface area (Å²) < 4.78 is 20.6. The second-order valence-corrected chi connectivity index (χ2v) is 7.04. The van der Waals surface area contributed by atoms with Crippen LogP contribution in [-0.4, -0.2) is 22.3 Å². The number of nitrogens with one attached hydrogen (secondary N) is 1. The molecular formula is C23H22FN3O2. The third-order valence-electron chi connectivity index (χ3n) is 5.09. The Hall–Kier alpha value is -3.41. The number of nitrogens with zero attached hydrogens (tertiary/aromatic N) is 2. The van der Waals surface area contributed by atoms with Crippen molar-refractivity contribution in [2.24, 2.45) is 0 Å². The molecule has 3 aromatic rings. The number of carbonyl (C=O) groups is 1. The monoisotopic (exact) mass is 391 g/mol. The van der Waals surface area contributed by atoms with Crippen LogP contribution in [0.1, 0.15) is 35.0 Å². The molecule has 2 aromatic carbocycles. The van der Waals surface area contributed by atoms with Crippen LogP contribution < -0.4 is 10.1 Å². The zero-order valence-corrected chi connectivity index (χ0v) is 16.4. The van der Waals surface area contributed by atoms with Gasteiger partial charge >= 0.3 is 0 Å².